The van der Waals surface area contributed by atoms with Crippen LogP contribution in [0.15, 0.2) is 29.3 Å². The normalized spacial score (nSPS) is 17.2. The smallest absolute Gasteiger partial charge is 0.193 e. The molecule has 1 N–H and O–H groups in total. The van der Waals surface area contributed by atoms with Crippen LogP contribution in [0.25, 0.3) is 0 Å². The largest absolute Gasteiger partial charge is 0.380 e. The predicted octanol–water partition coefficient (Wildman–Crippen LogP) is 2.77. The topological polar surface area (TPSA) is 36.9 Å². The quantitative estimate of drug-likeness (QED) is 0.671. The summed E-state index contributed by atoms with van der Waals surface area (Å²) in [7, 11) is 2.04. The van der Waals surface area contributed by atoms with Gasteiger partial charge in [-0.15, -0.1) is 0 Å². The Morgan fingerprint density at radius 2 is 2.24 bits per heavy atom. The number of aliphatic imine (C=N–C) groups is 1. The van der Waals surface area contributed by atoms with Crippen molar-refractivity contribution in [1.29, 1.82) is 0 Å². The zero-order valence-electron chi connectivity index (χ0n) is 13.0. The van der Waals surface area contributed by atoms with Crippen LogP contribution < -0.4 is 5.32 Å². The average molecular weight is 310 g/mol. The second-order valence-electron chi connectivity index (χ2n) is 5.96. The molecule has 1 aliphatic rings. The average Bonchev–Trinajstić information content (AvgIpc) is 2.41. The van der Waals surface area contributed by atoms with Crippen LogP contribution >= 0.6 is 11.6 Å². The van der Waals surface area contributed by atoms with Crippen molar-refractivity contribution in [2.45, 2.75) is 20.4 Å². The summed E-state index contributed by atoms with van der Waals surface area (Å²) in [4.78, 5) is 6.87. The summed E-state index contributed by atoms with van der Waals surface area (Å²) in [5, 5.41) is 4.11. The fourth-order valence-corrected chi connectivity index (χ4v) is 2.47. The molecule has 1 saturated heterocycles. The molecule has 0 atom stereocenters. The van der Waals surface area contributed by atoms with Gasteiger partial charge in [0.15, 0.2) is 5.96 Å². The van der Waals surface area contributed by atoms with Gasteiger partial charge in [-0.05, 0) is 24.6 Å². The van der Waals surface area contributed by atoms with Crippen molar-refractivity contribution in [3.05, 3.63) is 34.9 Å². The molecule has 1 fully saturated rings. The van der Waals surface area contributed by atoms with Crippen molar-refractivity contribution in [2.24, 2.45) is 10.4 Å². The van der Waals surface area contributed by atoms with E-state index in [0.29, 0.717) is 0 Å². The fraction of sp³-hybridized carbons (Fsp3) is 0.562. The number of guanidine groups is 1. The van der Waals surface area contributed by atoms with Gasteiger partial charge in [0.05, 0.1) is 19.8 Å². The lowest BCUT2D eigenvalue weighted by Crippen LogP contribution is -2.44. The molecule has 116 valence electrons. The Balaban J connectivity index is 2.00. The fourth-order valence-electron chi connectivity index (χ4n) is 2.26. The molecule has 1 aromatic rings. The van der Waals surface area contributed by atoms with Crippen LogP contribution in [-0.2, 0) is 11.3 Å². The maximum atomic E-state index is 6.04. The van der Waals surface area contributed by atoms with Crippen LogP contribution in [0, 0.1) is 5.41 Å². The highest BCUT2D eigenvalue weighted by atomic mass is 35.5. The maximum Gasteiger partial charge on any atom is 0.193 e. The highest BCUT2D eigenvalue weighted by molar-refractivity contribution is 6.30. The molecule has 0 aromatic heterocycles. The van der Waals surface area contributed by atoms with Crippen molar-refractivity contribution in [2.75, 3.05) is 33.4 Å². The number of hydrogen-bond donors (Lipinski definition) is 1. The Labute approximate surface area is 132 Å². The van der Waals surface area contributed by atoms with Crippen LogP contribution in [0.2, 0.25) is 5.02 Å². The molecule has 0 radical (unpaired) electrons. The molecule has 0 spiro atoms. The van der Waals surface area contributed by atoms with Gasteiger partial charge < -0.3 is 15.0 Å². The minimum atomic E-state index is 0.192. The summed E-state index contributed by atoms with van der Waals surface area (Å²) in [6.07, 6.45) is 0. The van der Waals surface area contributed by atoms with Gasteiger partial charge >= 0.3 is 0 Å². The SMILES string of the molecule is CCNC(=NCC1(C)COC1)N(C)Cc1cccc(Cl)c1. The Morgan fingerprint density at radius 1 is 1.48 bits per heavy atom. The molecule has 5 heteroatoms. The monoisotopic (exact) mass is 309 g/mol. The number of nitrogens with one attached hydrogen (secondary N) is 1. The molecule has 0 aliphatic carbocycles. The molecule has 0 amide bonds. The molecule has 1 aliphatic heterocycles. The summed E-state index contributed by atoms with van der Waals surface area (Å²) in [6, 6.07) is 7.93. The van der Waals surface area contributed by atoms with Crippen LogP contribution in [-0.4, -0.2) is 44.2 Å². The van der Waals surface area contributed by atoms with Crippen LogP contribution in [0.5, 0.6) is 0 Å². The second kappa shape index (κ2) is 7.14. The number of rotatable bonds is 5. The zero-order valence-corrected chi connectivity index (χ0v) is 13.8. The molecule has 2 rings (SSSR count). The minimum absolute atomic E-state index is 0.192. The highest BCUT2D eigenvalue weighted by Crippen LogP contribution is 2.26. The summed E-state index contributed by atoms with van der Waals surface area (Å²) >= 11 is 6.04. The third-order valence-electron chi connectivity index (χ3n) is 3.52. The van der Waals surface area contributed by atoms with Gasteiger partial charge in [0, 0.05) is 30.6 Å². The summed E-state index contributed by atoms with van der Waals surface area (Å²) < 4.78 is 5.28. The molecule has 0 unspecified atom stereocenters. The van der Waals surface area contributed by atoms with E-state index in [9.17, 15) is 0 Å². The van der Waals surface area contributed by atoms with E-state index in [4.69, 9.17) is 21.3 Å². The number of hydrogen-bond acceptors (Lipinski definition) is 2. The van der Waals surface area contributed by atoms with Crippen LogP contribution in [0.1, 0.15) is 19.4 Å². The van der Waals surface area contributed by atoms with Crippen molar-refractivity contribution >= 4 is 17.6 Å². The lowest BCUT2D eigenvalue weighted by molar-refractivity contribution is -0.0946. The third kappa shape index (κ3) is 4.61. The van der Waals surface area contributed by atoms with Crippen LogP contribution in [0.4, 0.5) is 0 Å². The van der Waals surface area contributed by atoms with Gasteiger partial charge in [0.25, 0.3) is 0 Å². The minimum Gasteiger partial charge on any atom is -0.380 e. The van der Waals surface area contributed by atoms with Crippen molar-refractivity contribution in [1.82, 2.24) is 10.2 Å². The standard InChI is InChI=1S/C16H24ClN3O/c1-4-18-15(19-10-16(2)11-21-12-16)20(3)9-13-6-5-7-14(17)8-13/h5-8H,4,9-12H2,1-3H3,(H,18,19). The van der Waals surface area contributed by atoms with Gasteiger partial charge in [-0.1, -0.05) is 30.7 Å². The van der Waals surface area contributed by atoms with E-state index in [2.05, 4.69) is 30.1 Å². The zero-order chi connectivity index (χ0) is 15.3. The summed E-state index contributed by atoms with van der Waals surface area (Å²) in [5.41, 5.74) is 1.37. The molecule has 0 bridgehead atoms. The van der Waals surface area contributed by atoms with E-state index < -0.39 is 0 Å². The molecular weight excluding hydrogens is 286 g/mol. The Bertz CT molecular complexity index is 500. The summed E-state index contributed by atoms with van der Waals surface area (Å²) in [5.74, 6) is 0.922. The first kappa shape index (κ1) is 16.1. The number of halogens is 1. The number of benzene rings is 1. The van der Waals surface area contributed by atoms with E-state index in [0.717, 1.165) is 43.8 Å². The van der Waals surface area contributed by atoms with Gasteiger partial charge in [-0.25, -0.2) is 0 Å². The Kier molecular flexibility index (Phi) is 5.48. The van der Waals surface area contributed by atoms with Gasteiger partial charge in [0.2, 0.25) is 0 Å². The Hall–Kier alpha value is -1.26. The highest BCUT2D eigenvalue weighted by Gasteiger charge is 2.33. The van der Waals surface area contributed by atoms with E-state index >= 15 is 0 Å². The first-order valence-corrected chi connectivity index (χ1v) is 7.72. The number of nitrogens with zero attached hydrogens (tertiary/aromatic N) is 2. The second-order valence-corrected chi connectivity index (χ2v) is 6.40. The molecule has 0 saturated carbocycles. The predicted molar refractivity (Wildman–Crippen MR) is 87.8 cm³/mol. The van der Waals surface area contributed by atoms with Crippen molar-refractivity contribution in [3.63, 3.8) is 0 Å². The van der Waals surface area contributed by atoms with Crippen LogP contribution in [0.3, 0.4) is 0 Å². The molecule has 1 heterocycles. The van der Waals surface area contributed by atoms with Gasteiger partial charge in [-0.3, -0.25) is 4.99 Å². The van der Waals surface area contributed by atoms with E-state index in [-0.39, 0.29) is 5.41 Å². The van der Waals surface area contributed by atoms with E-state index in [1.165, 1.54) is 5.56 Å². The van der Waals surface area contributed by atoms with E-state index in [1.54, 1.807) is 0 Å². The first-order valence-electron chi connectivity index (χ1n) is 7.34. The van der Waals surface area contributed by atoms with Gasteiger partial charge in [0.1, 0.15) is 0 Å². The van der Waals surface area contributed by atoms with Gasteiger partial charge in [-0.2, -0.15) is 0 Å². The summed E-state index contributed by atoms with van der Waals surface area (Å²) in [6.45, 7) is 8.31. The first-order chi connectivity index (χ1) is 10.0. The lowest BCUT2D eigenvalue weighted by atomic mass is 9.89. The Morgan fingerprint density at radius 3 is 2.81 bits per heavy atom. The molecule has 21 heavy (non-hydrogen) atoms. The lowest BCUT2D eigenvalue weighted by Gasteiger charge is -2.37. The van der Waals surface area contributed by atoms with Crippen molar-refractivity contribution < 1.29 is 4.74 Å². The van der Waals surface area contributed by atoms with Crippen molar-refractivity contribution in [3.8, 4) is 0 Å². The molecule has 4 nitrogen and oxygen atoms in total. The molecule has 1 aromatic carbocycles. The third-order valence-corrected chi connectivity index (χ3v) is 3.75. The van der Waals surface area contributed by atoms with E-state index in [1.807, 2.05) is 25.2 Å². The number of ether oxygens (including phenoxy) is 1. The molecular formula is C16H24ClN3O. The maximum absolute atomic E-state index is 6.04.